The van der Waals surface area contributed by atoms with Crippen molar-refractivity contribution in [1.29, 1.82) is 0 Å². The SMILES string of the molecule is CC/C=C\C/C=C\C/C=C\C/C=C\C/C=C\C/C=C\C/C=C\CCCCCCCCCCCCCCCC(=O)OCC(COC(=O)CCCCCCCCCCCCCCC)OC(=O)CCCCCCCCC/C=C\C/C=C\CCCCC. The second kappa shape index (κ2) is 70.6. The summed E-state index contributed by atoms with van der Waals surface area (Å²) in [6, 6.07) is 0. The zero-order chi connectivity index (χ0) is 59.9. The van der Waals surface area contributed by atoms with Crippen LogP contribution in [-0.2, 0) is 28.6 Å². The summed E-state index contributed by atoms with van der Waals surface area (Å²) >= 11 is 0. The van der Waals surface area contributed by atoms with Gasteiger partial charge in [-0.2, -0.15) is 0 Å². The summed E-state index contributed by atoms with van der Waals surface area (Å²) in [6.07, 6.45) is 96.8. The Morgan fingerprint density at radius 1 is 0.253 bits per heavy atom. The van der Waals surface area contributed by atoms with E-state index in [-0.39, 0.29) is 31.1 Å². The van der Waals surface area contributed by atoms with Gasteiger partial charge in [0.05, 0.1) is 0 Å². The Labute approximate surface area is 514 Å². The van der Waals surface area contributed by atoms with Gasteiger partial charge in [0.25, 0.3) is 0 Å². The zero-order valence-corrected chi connectivity index (χ0v) is 54.7. The van der Waals surface area contributed by atoms with Crippen LogP contribution in [0.15, 0.2) is 109 Å². The molecule has 0 rings (SSSR count). The molecule has 0 heterocycles. The lowest BCUT2D eigenvalue weighted by molar-refractivity contribution is -0.167. The van der Waals surface area contributed by atoms with E-state index >= 15 is 0 Å². The summed E-state index contributed by atoms with van der Waals surface area (Å²) in [4.78, 5) is 38.4. The first kappa shape index (κ1) is 79.1. The first-order valence-electron chi connectivity index (χ1n) is 35.4. The van der Waals surface area contributed by atoms with Crippen LogP contribution in [0.2, 0.25) is 0 Å². The van der Waals surface area contributed by atoms with Crippen LogP contribution in [-0.4, -0.2) is 37.2 Å². The maximum absolute atomic E-state index is 12.9. The second-order valence-electron chi connectivity index (χ2n) is 23.4. The molecule has 0 aliphatic rings. The lowest BCUT2D eigenvalue weighted by Crippen LogP contribution is -2.30. The lowest BCUT2D eigenvalue weighted by Gasteiger charge is -2.18. The van der Waals surface area contributed by atoms with E-state index < -0.39 is 6.10 Å². The Kier molecular flexibility index (Phi) is 67.2. The van der Waals surface area contributed by atoms with E-state index in [2.05, 4.69) is 130 Å². The van der Waals surface area contributed by atoms with Crippen LogP contribution in [0.25, 0.3) is 0 Å². The highest BCUT2D eigenvalue weighted by Gasteiger charge is 2.19. The van der Waals surface area contributed by atoms with Crippen molar-refractivity contribution >= 4 is 17.9 Å². The normalized spacial score (nSPS) is 12.8. The Balaban J connectivity index is 4.19. The van der Waals surface area contributed by atoms with Crippen molar-refractivity contribution in [2.45, 2.75) is 348 Å². The molecule has 0 aromatic rings. The van der Waals surface area contributed by atoms with Gasteiger partial charge < -0.3 is 14.2 Å². The third-order valence-corrected chi connectivity index (χ3v) is 15.3. The predicted molar refractivity (Wildman–Crippen MR) is 362 cm³/mol. The Morgan fingerprint density at radius 3 is 0.759 bits per heavy atom. The average molecular weight is 1150 g/mol. The molecule has 6 nitrogen and oxygen atoms in total. The van der Waals surface area contributed by atoms with E-state index in [0.29, 0.717) is 19.3 Å². The quantitative estimate of drug-likeness (QED) is 0.0261. The van der Waals surface area contributed by atoms with Crippen molar-refractivity contribution in [3.8, 4) is 0 Å². The summed E-state index contributed by atoms with van der Waals surface area (Å²) in [5, 5.41) is 0. The van der Waals surface area contributed by atoms with Crippen molar-refractivity contribution in [2.24, 2.45) is 0 Å². The van der Waals surface area contributed by atoms with Gasteiger partial charge in [-0.25, -0.2) is 0 Å². The van der Waals surface area contributed by atoms with Crippen molar-refractivity contribution in [3.63, 3.8) is 0 Å². The fraction of sp³-hybridized carbons (Fsp3) is 0.727. The van der Waals surface area contributed by atoms with E-state index in [1.165, 1.54) is 186 Å². The molecule has 1 unspecified atom stereocenters. The standard InChI is InChI=1S/C77H132O6/c1-4-7-10-13-16-19-22-25-27-29-30-31-32-33-34-35-36-37-38-39-40-41-42-43-44-45-46-48-49-52-55-58-61-64-67-70-76(79)82-73-74(72-81-75(78)69-66-63-60-57-54-51-24-21-18-15-12-9-6-3)83-77(80)71-68-65-62-59-56-53-50-47-28-26-23-20-17-14-11-8-5-2/h7,10,16-17,19-20,25-28,30-31,33-34,36-37,39-40,74H,4-6,8-9,11-15,18,21-24,29,32,35,38,41-73H2,1-3H3/b10-7-,19-16-,20-17-,27-25-,28-26-,31-30-,34-33-,37-36-,40-39-. The van der Waals surface area contributed by atoms with Gasteiger partial charge in [0.1, 0.15) is 13.2 Å². The van der Waals surface area contributed by atoms with E-state index in [1.54, 1.807) is 0 Å². The molecule has 0 aromatic heterocycles. The monoisotopic (exact) mass is 1150 g/mol. The topological polar surface area (TPSA) is 78.9 Å². The van der Waals surface area contributed by atoms with Crippen LogP contribution < -0.4 is 0 Å². The number of carbonyl (C=O) groups excluding carboxylic acids is 3. The molecule has 0 amide bonds. The molecule has 83 heavy (non-hydrogen) atoms. The highest BCUT2D eigenvalue weighted by molar-refractivity contribution is 5.71. The third-order valence-electron chi connectivity index (χ3n) is 15.3. The van der Waals surface area contributed by atoms with Gasteiger partial charge in [0.2, 0.25) is 0 Å². The number of hydrogen-bond acceptors (Lipinski definition) is 6. The van der Waals surface area contributed by atoms with Crippen molar-refractivity contribution < 1.29 is 28.6 Å². The smallest absolute Gasteiger partial charge is 0.306 e. The van der Waals surface area contributed by atoms with Gasteiger partial charge in [-0.1, -0.05) is 323 Å². The van der Waals surface area contributed by atoms with Crippen LogP contribution in [0.4, 0.5) is 0 Å². The van der Waals surface area contributed by atoms with Crippen molar-refractivity contribution in [1.82, 2.24) is 0 Å². The minimum Gasteiger partial charge on any atom is -0.462 e. The molecular weight excluding hydrogens is 1020 g/mol. The number of hydrogen-bond donors (Lipinski definition) is 0. The Bertz CT molecular complexity index is 1660. The van der Waals surface area contributed by atoms with Crippen LogP contribution in [0.5, 0.6) is 0 Å². The molecule has 0 aliphatic carbocycles. The van der Waals surface area contributed by atoms with Crippen LogP contribution in [0.3, 0.4) is 0 Å². The van der Waals surface area contributed by atoms with Crippen LogP contribution in [0, 0.1) is 0 Å². The van der Waals surface area contributed by atoms with Gasteiger partial charge in [0.15, 0.2) is 6.10 Å². The molecule has 0 bridgehead atoms. The molecule has 0 N–H and O–H groups in total. The van der Waals surface area contributed by atoms with Gasteiger partial charge in [-0.3, -0.25) is 14.4 Å². The van der Waals surface area contributed by atoms with E-state index in [9.17, 15) is 14.4 Å². The molecule has 1 atom stereocenters. The average Bonchev–Trinajstić information content (AvgIpc) is 3.49. The molecule has 476 valence electrons. The first-order chi connectivity index (χ1) is 41.0. The highest BCUT2D eigenvalue weighted by atomic mass is 16.6. The number of carbonyl (C=O) groups is 3. The number of rotatable bonds is 64. The zero-order valence-electron chi connectivity index (χ0n) is 54.7. The van der Waals surface area contributed by atoms with Gasteiger partial charge in [-0.05, 0) is 109 Å². The number of ether oxygens (including phenoxy) is 3. The molecule has 0 aliphatic heterocycles. The summed E-state index contributed by atoms with van der Waals surface area (Å²) in [5.74, 6) is -0.871. The fourth-order valence-electron chi connectivity index (χ4n) is 9.99. The van der Waals surface area contributed by atoms with E-state index in [0.717, 1.165) is 116 Å². The molecule has 0 spiro atoms. The maximum Gasteiger partial charge on any atom is 0.306 e. The molecule has 0 radical (unpaired) electrons. The van der Waals surface area contributed by atoms with E-state index in [1.807, 2.05) is 0 Å². The minimum atomic E-state index is -0.782. The molecule has 6 heteroatoms. The van der Waals surface area contributed by atoms with E-state index in [4.69, 9.17) is 14.2 Å². The van der Waals surface area contributed by atoms with Gasteiger partial charge in [0, 0.05) is 19.3 Å². The fourth-order valence-corrected chi connectivity index (χ4v) is 9.99. The van der Waals surface area contributed by atoms with Crippen LogP contribution in [0.1, 0.15) is 342 Å². The molecule has 0 saturated carbocycles. The predicted octanol–water partition coefficient (Wildman–Crippen LogP) is 24.6. The first-order valence-corrected chi connectivity index (χ1v) is 35.4. The lowest BCUT2D eigenvalue weighted by atomic mass is 10.0. The highest BCUT2D eigenvalue weighted by Crippen LogP contribution is 2.17. The second-order valence-corrected chi connectivity index (χ2v) is 23.4. The molecule has 0 aromatic carbocycles. The minimum absolute atomic E-state index is 0.0770. The summed E-state index contributed by atoms with van der Waals surface area (Å²) in [6.45, 7) is 6.53. The molecule has 0 fully saturated rings. The maximum atomic E-state index is 12.9. The molecular formula is C77H132O6. The van der Waals surface area contributed by atoms with Gasteiger partial charge in [-0.15, -0.1) is 0 Å². The van der Waals surface area contributed by atoms with Crippen molar-refractivity contribution in [2.75, 3.05) is 13.2 Å². The summed E-state index contributed by atoms with van der Waals surface area (Å²) < 4.78 is 17.0. The Morgan fingerprint density at radius 2 is 0.470 bits per heavy atom. The largest absolute Gasteiger partial charge is 0.462 e. The summed E-state index contributed by atoms with van der Waals surface area (Å²) in [7, 11) is 0. The number of unbranched alkanes of at least 4 members (excludes halogenated alkanes) is 35. The van der Waals surface area contributed by atoms with Gasteiger partial charge >= 0.3 is 17.9 Å². The molecule has 0 saturated heterocycles. The number of allylic oxidation sites excluding steroid dienone is 18. The van der Waals surface area contributed by atoms with Crippen LogP contribution >= 0.6 is 0 Å². The summed E-state index contributed by atoms with van der Waals surface area (Å²) in [5.41, 5.74) is 0. The third kappa shape index (κ3) is 68.7. The number of esters is 3. The Hall–Kier alpha value is -3.93. The van der Waals surface area contributed by atoms with Crippen molar-refractivity contribution in [3.05, 3.63) is 109 Å².